The standard InChI is InChI=1S/C9H11N3O2/c1-6(13)5-12-8-4-10-3-2-7(8)11-9(12)14/h2-4,6,13H,5H2,1H3,(H,11,14). The number of aromatic nitrogens is 3. The van der Waals surface area contributed by atoms with E-state index in [0.717, 1.165) is 11.0 Å². The summed E-state index contributed by atoms with van der Waals surface area (Å²) >= 11 is 0. The molecule has 2 aromatic rings. The van der Waals surface area contributed by atoms with Gasteiger partial charge in [-0.25, -0.2) is 4.79 Å². The van der Waals surface area contributed by atoms with E-state index in [4.69, 9.17) is 0 Å². The quantitative estimate of drug-likeness (QED) is 0.710. The molecular formula is C9H11N3O2. The molecule has 2 heterocycles. The number of rotatable bonds is 2. The van der Waals surface area contributed by atoms with Crippen molar-refractivity contribution in [1.29, 1.82) is 0 Å². The lowest BCUT2D eigenvalue weighted by molar-refractivity contribution is 0.174. The highest BCUT2D eigenvalue weighted by molar-refractivity contribution is 5.73. The SMILES string of the molecule is CC(O)Cn1c(=O)[nH]c2ccncc21. The first-order chi connectivity index (χ1) is 6.68. The number of nitrogens with zero attached hydrogens (tertiary/aromatic N) is 2. The first-order valence-corrected chi connectivity index (χ1v) is 4.39. The Labute approximate surface area is 80.0 Å². The predicted octanol–water partition coefficient (Wildman–Crippen LogP) is 0.105. The van der Waals surface area contributed by atoms with E-state index in [0.29, 0.717) is 0 Å². The monoisotopic (exact) mass is 193 g/mol. The Morgan fingerprint density at radius 1 is 1.71 bits per heavy atom. The van der Waals surface area contributed by atoms with Crippen molar-refractivity contribution in [3.05, 3.63) is 28.9 Å². The molecule has 0 bridgehead atoms. The fourth-order valence-electron chi connectivity index (χ4n) is 1.44. The Morgan fingerprint density at radius 2 is 2.50 bits per heavy atom. The Kier molecular flexibility index (Phi) is 2.09. The summed E-state index contributed by atoms with van der Waals surface area (Å²) in [5, 5.41) is 9.21. The summed E-state index contributed by atoms with van der Waals surface area (Å²) in [5.41, 5.74) is 1.25. The molecule has 0 amide bonds. The van der Waals surface area contributed by atoms with Crippen molar-refractivity contribution in [3.8, 4) is 0 Å². The normalized spacial score (nSPS) is 13.3. The van der Waals surface area contributed by atoms with Gasteiger partial charge in [-0.1, -0.05) is 0 Å². The van der Waals surface area contributed by atoms with E-state index in [-0.39, 0.29) is 12.2 Å². The van der Waals surface area contributed by atoms with E-state index in [2.05, 4.69) is 9.97 Å². The van der Waals surface area contributed by atoms with Crippen LogP contribution in [0.25, 0.3) is 11.0 Å². The summed E-state index contributed by atoms with van der Waals surface area (Å²) in [4.78, 5) is 18.1. The van der Waals surface area contributed by atoms with E-state index in [1.54, 1.807) is 25.4 Å². The van der Waals surface area contributed by atoms with Gasteiger partial charge in [-0.3, -0.25) is 9.55 Å². The molecule has 5 nitrogen and oxygen atoms in total. The molecule has 2 N–H and O–H groups in total. The van der Waals surface area contributed by atoms with Crippen LogP contribution in [0.5, 0.6) is 0 Å². The molecule has 0 spiro atoms. The summed E-state index contributed by atoms with van der Waals surface area (Å²) < 4.78 is 1.48. The molecule has 2 rings (SSSR count). The van der Waals surface area contributed by atoms with Crippen molar-refractivity contribution in [2.45, 2.75) is 19.6 Å². The van der Waals surface area contributed by atoms with Gasteiger partial charge in [-0.2, -0.15) is 0 Å². The number of hydrogen-bond donors (Lipinski definition) is 2. The topological polar surface area (TPSA) is 70.9 Å². The lowest BCUT2D eigenvalue weighted by Gasteiger charge is -2.04. The highest BCUT2D eigenvalue weighted by Crippen LogP contribution is 2.07. The Morgan fingerprint density at radius 3 is 3.21 bits per heavy atom. The van der Waals surface area contributed by atoms with Gasteiger partial charge in [-0.05, 0) is 13.0 Å². The molecule has 0 aliphatic rings. The van der Waals surface area contributed by atoms with E-state index in [9.17, 15) is 9.90 Å². The van der Waals surface area contributed by atoms with Crippen LogP contribution >= 0.6 is 0 Å². The number of hydrogen-bond acceptors (Lipinski definition) is 3. The molecule has 0 aliphatic heterocycles. The highest BCUT2D eigenvalue weighted by Gasteiger charge is 2.07. The second kappa shape index (κ2) is 3.26. The number of aliphatic hydroxyl groups excluding tert-OH is 1. The van der Waals surface area contributed by atoms with Gasteiger partial charge < -0.3 is 10.1 Å². The summed E-state index contributed by atoms with van der Waals surface area (Å²) in [5.74, 6) is 0. The van der Waals surface area contributed by atoms with Crippen molar-refractivity contribution < 1.29 is 5.11 Å². The smallest absolute Gasteiger partial charge is 0.326 e. The second-order valence-electron chi connectivity index (χ2n) is 3.28. The van der Waals surface area contributed by atoms with Crippen LogP contribution in [0, 0.1) is 0 Å². The van der Waals surface area contributed by atoms with Gasteiger partial charge in [0.2, 0.25) is 0 Å². The molecule has 0 saturated carbocycles. The largest absolute Gasteiger partial charge is 0.392 e. The maximum Gasteiger partial charge on any atom is 0.326 e. The summed E-state index contributed by atoms with van der Waals surface area (Å²) in [6.07, 6.45) is 2.67. The van der Waals surface area contributed by atoms with E-state index in [1.165, 1.54) is 4.57 Å². The van der Waals surface area contributed by atoms with Crippen molar-refractivity contribution in [3.63, 3.8) is 0 Å². The number of fused-ring (bicyclic) bond motifs is 1. The van der Waals surface area contributed by atoms with E-state index in [1.807, 2.05) is 0 Å². The Bertz CT molecular complexity index is 498. The minimum atomic E-state index is -0.549. The molecule has 74 valence electrons. The number of aromatic amines is 1. The van der Waals surface area contributed by atoms with Crippen LogP contribution in [0.4, 0.5) is 0 Å². The zero-order valence-corrected chi connectivity index (χ0v) is 7.77. The summed E-state index contributed by atoms with van der Waals surface area (Å²) in [6.45, 7) is 1.92. The zero-order chi connectivity index (χ0) is 10.1. The minimum absolute atomic E-state index is 0.214. The van der Waals surface area contributed by atoms with Gasteiger partial charge >= 0.3 is 5.69 Å². The van der Waals surface area contributed by atoms with Crippen molar-refractivity contribution in [1.82, 2.24) is 14.5 Å². The molecule has 14 heavy (non-hydrogen) atoms. The van der Waals surface area contributed by atoms with Crippen LogP contribution in [-0.4, -0.2) is 25.7 Å². The fraction of sp³-hybridized carbons (Fsp3) is 0.333. The lowest BCUT2D eigenvalue weighted by Crippen LogP contribution is -2.22. The van der Waals surface area contributed by atoms with E-state index >= 15 is 0 Å². The molecule has 0 saturated heterocycles. The van der Waals surface area contributed by atoms with Gasteiger partial charge in [0.25, 0.3) is 0 Å². The molecular weight excluding hydrogens is 182 g/mol. The van der Waals surface area contributed by atoms with Gasteiger partial charge in [0.15, 0.2) is 0 Å². The predicted molar refractivity (Wildman–Crippen MR) is 52.0 cm³/mol. The Balaban J connectivity index is 2.62. The van der Waals surface area contributed by atoms with Gasteiger partial charge in [0, 0.05) is 6.20 Å². The van der Waals surface area contributed by atoms with Crippen LogP contribution in [0.1, 0.15) is 6.92 Å². The molecule has 0 radical (unpaired) electrons. The first-order valence-electron chi connectivity index (χ1n) is 4.39. The lowest BCUT2D eigenvalue weighted by atomic mass is 10.3. The molecule has 1 unspecified atom stereocenters. The average Bonchev–Trinajstić information content (AvgIpc) is 2.43. The van der Waals surface area contributed by atoms with E-state index < -0.39 is 6.10 Å². The highest BCUT2D eigenvalue weighted by atomic mass is 16.3. The van der Waals surface area contributed by atoms with Crippen LogP contribution < -0.4 is 5.69 Å². The third kappa shape index (κ3) is 1.42. The maximum absolute atomic E-state index is 11.4. The second-order valence-corrected chi connectivity index (χ2v) is 3.28. The maximum atomic E-state index is 11.4. The fourth-order valence-corrected chi connectivity index (χ4v) is 1.44. The summed E-state index contributed by atoms with van der Waals surface area (Å²) in [7, 11) is 0. The van der Waals surface area contributed by atoms with Crippen LogP contribution in [0.15, 0.2) is 23.3 Å². The van der Waals surface area contributed by atoms with Gasteiger partial charge in [-0.15, -0.1) is 0 Å². The number of pyridine rings is 1. The number of imidazole rings is 1. The minimum Gasteiger partial charge on any atom is -0.392 e. The zero-order valence-electron chi connectivity index (χ0n) is 7.77. The van der Waals surface area contributed by atoms with Gasteiger partial charge in [0.05, 0.1) is 29.9 Å². The number of nitrogens with one attached hydrogen (secondary N) is 1. The number of aliphatic hydroxyl groups is 1. The number of H-pyrrole nitrogens is 1. The van der Waals surface area contributed by atoms with Crippen LogP contribution in [0.2, 0.25) is 0 Å². The van der Waals surface area contributed by atoms with Crippen molar-refractivity contribution in [2.75, 3.05) is 0 Å². The van der Waals surface area contributed by atoms with Crippen LogP contribution in [0.3, 0.4) is 0 Å². The van der Waals surface area contributed by atoms with Crippen molar-refractivity contribution in [2.24, 2.45) is 0 Å². The molecule has 2 aromatic heterocycles. The van der Waals surface area contributed by atoms with Crippen LogP contribution in [-0.2, 0) is 6.54 Å². The van der Waals surface area contributed by atoms with Crippen molar-refractivity contribution >= 4 is 11.0 Å². The third-order valence-corrected chi connectivity index (χ3v) is 2.02. The third-order valence-electron chi connectivity index (χ3n) is 2.02. The molecule has 1 atom stereocenters. The average molecular weight is 193 g/mol. The summed E-state index contributed by atoms with van der Waals surface area (Å²) in [6, 6.07) is 1.73. The molecule has 0 aromatic carbocycles. The Hall–Kier alpha value is -1.62. The molecule has 0 fully saturated rings. The molecule has 5 heteroatoms. The molecule has 0 aliphatic carbocycles. The van der Waals surface area contributed by atoms with Gasteiger partial charge in [0.1, 0.15) is 0 Å². The first kappa shape index (κ1) is 8.96.